The number of carbonyl (C=O) groups excluding carboxylic acids is 1. The standard InChI is InChI=1S/C19H23N3O/c1-14(13-15-7-5-6-8-15)19(23)22-17-11-12-20-18(21-17)16-9-3-2-4-10-16/h2-4,9-12,14-15H,5-8,13H2,1H3,(H,20,21,22,23). The van der Waals surface area contributed by atoms with Gasteiger partial charge in [0.1, 0.15) is 5.82 Å². The number of anilines is 1. The SMILES string of the molecule is CC(CC1CCCC1)C(=O)Nc1ccnc(-c2ccccc2)n1. The van der Waals surface area contributed by atoms with Gasteiger partial charge in [-0.05, 0) is 18.4 Å². The molecular weight excluding hydrogens is 286 g/mol. The number of rotatable bonds is 5. The van der Waals surface area contributed by atoms with Crippen LogP contribution in [0.4, 0.5) is 5.82 Å². The summed E-state index contributed by atoms with van der Waals surface area (Å²) in [6.45, 7) is 2.01. The molecule has 4 nitrogen and oxygen atoms in total. The van der Waals surface area contributed by atoms with Gasteiger partial charge in [-0.1, -0.05) is 62.9 Å². The van der Waals surface area contributed by atoms with Crippen LogP contribution in [-0.4, -0.2) is 15.9 Å². The molecule has 2 aromatic rings. The zero-order chi connectivity index (χ0) is 16.1. The van der Waals surface area contributed by atoms with Crippen LogP contribution in [0, 0.1) is 11.8 Å². The highest BCUT2D eigenvalue weighted by atomic mass is 16.1. The van der Waals surface area contributed by atoms with Crippen molar-refractivity contribution < 1.29 is 4.79 Å². The number of hydrogen-bond donors (Lipinski definition) is 1. The average molecular weight is 309 g/mol. The lowest BCUT2D eigenvalue weighted by molar-refractivity contribution is -0.119. The average Bonchev–Trinajstić information content (AvgIpc) is 3.09. The van der Waals surface area contributed by atoms with Crippen LogP contribution in [0.1, 0.15) is 39.0 Å². The second kappa shape index (κ2) is 7.36. The molecular formula is C19H23N3O. The molecule has 1 fully saturated rings. The molecule has 1 aromatic heterocycles. The Labute approximate surface area is 137 Å². The molecule has 1 N–H and O–H groups in total. The molecule has 0 aliphatic heterocycles. The maximum atomic E-state index is 12.4. The van der Waals surface area contributed by atoms with Gasteiger partial charge in [-0.15, -0.1) is 0 Å². The quantitative estimate of drug-likeness (QED) is 0.896. The second-order valence-electron chi connectivity index (χ2n) is 6.41. The molecule has 1 amide bonds. The van der Waals surface area contributed by atoms with E-state index in [0.717, 1.165) is 12.0 Å². The van der Waals surface area contributed by atoms with Crippen molar-refractivity contribution in [2.24, 2.45) is 11.8 Å². The smallest absolute Gasteiger partial charge is 0.228 e. The van der Waals surface area contributed by atoms with Crippen molar-refractivity contribution >= 4 is 11.7 Å². The molecule has 1 heterocycles. The Hall–Kier alpha value is -2.23. The minimum absolute atomic E-state index is 0.0215. The molecule has 1 atom stereocenters. The second-order valence-corrected chi connectivity index (χ2v) is 6.41. The maximum Gasteiger partial charge on any atom is 0.228 e. The number of nitrogens with one attached hydrogen (secondary N) is 1. The Balaban J connectivity index is 1.64. The monoisotopic (exact) mass is 309 g/mol. The summed E-state index contributed by atoms with van der Waals surface area (Å²) in [5, 5.41) is 2.94. The molecule has 3 rings (SSSR count). The number of amides is 1. The van der Waals surface area contributed by atoms with Gasteiger partial charge in [-0.3, -0.25) is 4.79 Å². The lowest BCUT2D eigenvalue weighted by Crippen LogP contribution is -2.22. The molecule has 0 spiro atoms. The van der Waals surface area contributed by atoms with E-state index in [4.69, 9.17) is 0 Å². The first-order valence-electron chi connectivity index (χ1n) is 8.41. The van der Waals surface area contributed by atoms with Gasteiger partial charge in [0.25, 0.3) is 0 Å². The number of benzene rings is 1. The number of carbonyl (C=O) groups is 1. The fraction of sp³-hybridized carbons (Fsp3) is 0.421. The van der Waals surface area contributed by atoms with Crippen LogP contribution in [0.5, 0.6) is 0 Å². The van der Waals surface area contributed by atoms with Gasteiger partial charge in [0.05, 0.1) is 0 Å². The van der Waals surface area contributed by atoms with Crippen molar-refractivity contribution in [2.75, 3.05) is 5.32 Å². The first kappa shape index (κ1) is 15.7. The van der Waals surface area contributed by atoms with Crippen molar-refractivity contribution in [3.63, 3.8) is 0 Å². The summed E-state index contributed by atoms with van der Waals surface area (Å²) in [5.74, 6) is 1.98. The summed E-state index contributed by atoms with van der Waals surface area (Å²) in [6, 6.07) is 11.5. The lowest BCUT2D eigenvalue weighted by atomic mass is 9.94. The van der Waals surface area contributed by atoms with Crippen molar-refractivity contribution in [3.05, 3.63) is 42.6 Å². The van der Waals surface area contributed by atoms with Gasteiger partial charge < -0.3 is 5.32 Å². The zero-order valence-corrected chi connectivity index (χ0v) is 13.5. The van der Waals surface area contributed by atoms with E-state index in [1.54, 1.807) is 12.3 Å². The predicted molar refractivity (Wildman–Crippen MR) is 91.8 cm³/mol. The molecule has 0 saturated heterocycles. The van der Waals surface area contributed by atoms with Crippen LogP contribution in [0.15, 0.2) is 42.6 Å². The molecule has 0 bridgehead atoms. The number of aromatic nitrogens is 2. The normalized spacial score (nSPS) is 16.2. The molecule has 1 aromatic carbocycles. The maximum absolute atomic E-state index is 12.4. The van der Waals surface area contributed by atoms with Crippen molar-refractivity contribution in [2.45, 2.75) is 39.0 Å². The van der Waals surface area contributed by atoms with Gasteiger partial charge in [-0.2, -0.15) is 0 Å². The van der Waals surface area contributed by atoms with Crippen LogP contribution in [0.25, 0.3) is 11.4 Å². The Morgan fingerprint density at radius 3 is 2.70 bits per heavy atom. The highest BCUT2D eigenvalue weighted by molar-refractivity contribution is 5.91. The van der Waals surface area contributed by atoms with E-state index in [9.17, 15) is 4.79 Å². The largest absolute Gasteiger partial charge is 0.310 e. The molecule has 0 radical (unpaired) electrons. The minimum atomic E-state index is 0.0215. The van der Waals surface area contributed by atoms with Crippen LogP contribution in [0.3, 0.4) is 0 Å². The minimum Gasteiger partial charge on any atom is -0.310 e. The van der Waals surface area contributed by atoms with Crippen LogP contribution < -0.4 is 5.32 Å². The Bertz CT molecular complexity index is 651. The first-order valence-corrected chi connectivity index (χ1v) is 8.41. The Morgan fingerprint density at radius 2 is 1.96 bits per heavy atom. The van der Waals surface area contributed by atoms with E-state index in [2.05, 4.69) is 15.3 Å². The van der Waals surface area contributed by atoms with E-state index in [-0.39, 0.29) is 11.8 Å². The van der Waals surface area contributed by atoms with E-state index in [1.165, 1.54) is 25.7 Å². The topological polar surface area (TPSA) is 54.9 Å². The van der Waals surface area contributed by atoms with Gasteiger partial charge in [0.2, 0.25) is 5.91 Å². The third-order valence-electron chi connectivity index (χ3n) is 4.55. The van der Waals surface area contributed by atoms with Crippen LogP contribution in [-0.2, 0) is 4.79 Å². The summed E-state index contributed by atoms with van der Waals surface area (Å²) in [4.78, 5) is 21.1. The molecule has 1 aliphatic rings. The van der Waals surface area contributed by atoms with Gasteiger partial charge in [0.15, 0.2) is 5.82 Å². The fourth-order valence-corrected chi connectivity index (χ4v) is 3.26. The van der Waals surface area contributed by atoms with E-state index in [1.807, 2.05) is 37.3 Å². The molecule has 23 heavy (non-hydrogen) atoms. The number of hydrogen-bond acceptors (Lipinski definition) is 3. The van der Waals surface area contributed by atoms with Crippen molar-refractivity contribution in [1.29, 1.82) is 0 Å². The predicted octanol–water partition coefficient (Wildman–Crippen LogP) is 4.30. The summed E-state index contributed by atoms with van der Waals surface area (Å²) >= 11 is 0. The first-order chi connectivity index (χ1) is 11.2. The summed E-state index contributed by atoms with van der Waals surface area (Å²) in [6.07, 6.45) is 7.82. The van der Waals surface area contributed by atoms with E-state index in [0.29, 0.717) is 17.6 Å². The van der Waals surface area contributed by atoms with Crippen molar-refractivity contribution in [3.8, 4) is 11.4 Å². The van der Waals surface area contributed by atoms with Crippen molar-refractivity contribution in [1.82, 2.24) is 9.97 Å². The summed E-state index contributed by atoms with van der Waals surface area (Å²) in [7, 11) is 0. The van der Waals surface area contributed by atoms with Crippen LogP contribution >= 0.6 is 0 Å². The van der Waals surface area contributed by atoms with Gasteiger partial charge in [-0.25, -0.2) is 9.97 Å². The lowest BCUT2D eigenvalue weighted by Gasteiger charge is -2.16. The molecule has 1 unspecified atom stereocenters. The highest BCUT2D eigenvalue weighted by Gasteiger charge is 2.22. The molecule has 1 saturated carbocycles. The van der Waals surface area contributed by atoms with Gasteiger partial charge in [0, 0.05) is 17.7 Å². The Kier molecular flexibility index (Phi) is 5.01. The van der Waals surface area contributed by atoms with E-state index < -0.39 is 0 Å². The third kappa shape index (κ3) is 4.15. The molecule has 1 aliphatic carbocycles. The zero-order valence-electron chi connectivity index (χ0n) is 13.5. The third-order valence-corrected chi connectivity index (χ3v) is 4.55. The summed E-state index contributed by atoms with van der Waals surface area (Å²) in [5.41, 5.74) is 0.947. The van der Waals surface area contributed by atoms with Gasteiger partial charge >= 0.3 is 0 Å². The highest BCUT2D eigenvalue weighted by Crippen LogP contribution is 2.30. The molecule has 4 heteroatoms. The number of nitrogens with zero attached hydrogens (tertiary/aromatic N) is 2. The summed E-state index contributed by atoms with van der Waals surface area (Å²) < 4.78 is 0. The Morgan fingerprint density at radius 1 is 1.22 bits per heavy atom. The fourth-order valence-electron chi connectivity index (χ4n) is 3.26. The molecule has 120 valence electrons. The van der Waals surface area contributed by atoms with E-state index >= 15 is 0 Å². The van der Waals surface area contributed by atoms with Crippen LogP contribution in [0.2, 0.25) is 0 Å².